The molecular formula is C28H31F2N7O4. The first kappa shape index (κ1) is 28.2. The van der Waals surface area contributed by atoms with Crippen molar-refractivity contribution in [2.45, 2.75) is 31.7 Å². The van der Waals surface area contributed by atoms with Gasteiger partial charge in [-0.05, 0) is 44.0 Å². The van der Waals surface area contributed by atoms with Crippen LogP contribution in [0.15, 0.2) is 42.7 Å². The minimum Gasteiger partial charge on any atom is -0.493 e. The smallest absolute Gasteiger partial charge is 0.223 e. The van der Waals surface area contributed by atoms with Gasteiger partial charge in [-0.1, -0.05) is 0 Å². The average Bonchev–Trinajstić information content (AvgIpc) is 3.59. The van der Waals surface area contributed by atoms with E-state index in [2.05, 4.69) is 25.1 Å². The summed E-state index contributed by atoms with van der Waals surface area (Å²) in [5.41, 5.74) is 6.35. The van der Waals surface area contributed by atoms with Gasteiger partial charge in [0.2, 0.25) is 5.91 Å². The summed E-state index contributed by atoms with van der Waals surface area (Å²) < 4.78 is 40.3. The quantitative estimate of drug-likeness (QED) is 0.220. The molecule has 41 heavy (non-hydrogen) atoms. The van der Waals surface area contributed by atoms with Crippen LogP contribution in [0.2, 0.25) is 0 Å². The van der Waals surface area contributed by atoms with Crippen molar-refractivity contribution in [1.29, 1.82) is 0 Å². The average molecular weight is 568 g/mol. The first-order valence-electron chi connectivity index (χ1n) is 13.3. The molecule has 0 bridgehead atoms. The van der Waals surface area contributed by atoms with Crippen LogP contribution in [0.3, 0.4) is 0 Å². The largest absolute Gasteiger partial charge is 0.493 e. The van der Waals surface area contributed by atoms with Crippen LogP contribution in [0.25, 0.3) is 10.9 Å². The first-order valence-corrected chi connectivity index (χ1v) is 13.3. The Morgan fingerprint density at radius 2 is 1.98 bits per heavy atom. The fourth-order valence-electron chi connectivity index (χ4n) is 5.12. The topological polar surface area (TPSA) is 143 Å². The predicted molar refractivity (Wildman–Crippen MR) is 148 cm³/mol. The number of anilines is 3. The number of nitrogens with zero attached hydrogens (tertiary/aromatic N) is 5. The highest BCUT2D eigenvalue weighted by molar-refractivity contribution is 5.96. The summed E-state index contributed by atoms with van der Waals surface area (Å²) in [5, 5.41) is 17.0. The van der Waals surface area contributed by atoms with E-state index in [-0.39, 0.29) is 36.4 Å². The standard InChI is InChI=1S/C28H31F2N7O4/c1-40-24-13-22-23(14-25(24)41-7-3-6-36-5-2-4-20(36)15-38)32-16-33-28(22)37(21-9-17(29)8-18(30)10-21)27-12-19(34-35-27)11-26(31)39/h8-10,12-14,16,20,38H,2-7,11,15H2,1H3,(H2,31,39)(H,34,35)/t20-/m1/s1. The number of aliphatic hydroxyl groups is 1. The number of halogens is 2. The second-order valence-corrected chi connectivity index (χ2v) is 9.79. The third-order valence-corrected chi connectivity index (χ3v) is 6.99. The molecule has 1 atom stereocenters. The van der Waals surface area contributed by atoms with Crippen molar-refractivity contribution in [2.75, 3.05) is 38.3 Å². The minimum atomic E-state index is -0.788. The van der Waals surface area contributed by atoms with Gasteiger partial charge in [0.05, 0.1) is 37.9 Å². The van der Waals surface area contributed by atoms with E-state index in [1.807, 2.05) is 0 Å². The number of amides is 1. The molecule has 1 amide bonds. The van der Waals surface area contributed by atoms with E-state index in [1.54, 1.807) is 18.2 Å². The van der Waals surface area contributed by atoms with E-state index in [1.165, 1.54) is 18.3 Å². The Hall–Kier alpha value is -4.36. The third-order valence-electron chi connectivity index (χ3n) is 6.99. The SMILES string of the molecule is COc1cc2c(N(c3cc(F)cc(F)c3)c3cc(CC(N)=O)[nH]n3)ncnc2cc1OCCCN1CCC[C@@H]1CO. The van der Waals surface area contributed by atoms with Crippen LogP contribution < -0.4 is 20.1 Å². The second-order valence-electron chi connectivity index (χ2n) is 9.79. The van der Waals surface area contributed by atoms with Gasteiger partial charge in [0, 0.05) is 41.9 Å². The van der Waals surface area contributed by atoms with Crippen LogP contribution in [0.5, 0.6) is 11.5 Å². The lowest BCUT2D eigenvalue weighted by molar-refractivity contribution is -0.117. The van der Waals surface area contributed by atoms with Crippen molar-refractivity contribution in [1.82, 2.24) is 25.1 Å². The zero-order chi connectivity index (χ0) is 28.9. The van der Waals surface area contributed by atoms with E-state index in [0.717, 1.165) is 50.6 Å². The number of aromatic amines is 1. The van der Waals surface area contributed by atoms with Gasteiger partial charge in [-0.2, -0.15) is 5.10 Å². The van der Waals surface area contributed by atoms with Crippen LogP contribution >= 0.6 is 0 Å². The van der Waals surface area contributed by atoms with Gasteiger partial charge < -0.3 is 20.3 Å². The Kier molecular flexibility index (Phi) is 8.55. The lowest BCUT2D eigenvalue weighted by Crippen LogP contribution is -2.33. The number of fused-ring (bicyclic) bond motifs is 1. The molecule has 0 aliphatic carbocycles. The number of carbonyl (C=O) groups excluding carboxylic acids is 1. The molecule has 1 saturated heterocycles. The van der Waals surface area contributed by atoms with Gasteiger partial charge in [0.25, 0.3) is 0 Å². The fourth-order valence-corrected chi connectivity index (χ4v) is 5.12. The Morgan fingerprint density at radius 3 is 2.71 bits per heavy atom. The maximum absolute atomic E-state index is 14.3. The molecule has 2 aromatic carbocycles. The Bertz CT molecular complexity index is 1510. The number of benzene rings is 2. The molecular weight excluding hydrogens is 536 g/mol. The number of hydrogen-bond donors (Lipinski definition) is 3. The Labute approximate surface area is 234 Å². The van der Waals surface area contributed by atoms with Crippen molar-refractivity contribution in [3.8, 4) is 11.5 Å². The number of likely N-dealkylation sites (tertiary alicyclic amines) is 1. The molecule has 5 rings (SSSR count). The van der Waals surface area contributed by atoms with Crippen LogP contribution in [-0.2, 0) is 11.2 Å². The van der Waals surface area contributed by atoms with E-state index in [0.29, 0.717) is 34.7 Å². The molecule has 0 radical (unpaired) electrons. The number of carbonyl (C=O) groups is 1. The molecule has 1 aliphatic rings. The molecule has 4 aromatic rings. The van der Waals surface area contributed by atoms with Gasteiger partial charge >= 0.3 is 0 Å². The highest BCUT2D eigenvalue weighted by Crippen LogP contribution is 2.40. The number of hydrogen-bond acceptors (Lipinski definition) is 9. The van der Waals surface area contributed by atoms with E-state index in [4.69, 9.17) is 15.2 Å². The van der Waals surface area contributed by atoms with Gasteiger partial charge in [-0.3, -0.25) is 19.7 Å². The molecule has 3 heterocycles. The summed E-state index contributed by atoms with van der Waals surface area (Å²) in [6, 6.07) is 8.24. The Morgan fingerprint density at radius 1 is 1.17 bits per heavy atom. The summed E-state index contributed by atoms with van der Waals surface area (Å²) >= 11 is 0. The maximum atomic E-state index is 14.3. The highest BCUT2D eigenvalue weighted by Gasteiger charge is 2.24. The fraction of sp³-hybridized carbons (Fsp3) is 0.357. The summed E-state index contributed by atoms with van der Waals surface area (Å²) in [5.74, 6) is -0.740. The van der Waals surface area contributed by atoms with Crippen molar-refractivity contribution in [3.05, 3.63) is 60.1 Å². The predicted octanol–water partition coefficient (Wildman–Crippen LogP) is 3.36. The van der Waals surface area contributed by atoms with Crippen LogP contribution in [0.1, 0.15) is 25.0 Å². The lowest BCUT2D eigenvalue weighted by atomic mass is 10.1. The highest BCUT2D eigenvalue weighted by atomic mass is 19.1. The zero-order valence-electron chi connectivity index (χ0n) is 22.5. The molecule has 0 unspecified atom stereocenters. The third kappa shape index (κ3) is 6.36. The van der Waals surface area contributed by atoms with Gasteiger partial charge in [0.1, 0.15) is 23.8 Å². The van der Waals surface area contributed by atoms with E-state index >= 15 is 0 Å². The summed E-state index contributed by atoms with van der Waals surface area (Å²) in [6.45, 7) is 2.37. The van der Waals surface area contributed by atoms with Crippen LogP contribution in [-0.4, -0.2) is 75.5 Å². The van der Waals surface area contributed by atoms with E-state index in [9.17, 15) is 18.7 Å². The number of primary amides is 1. The summed E-state index contributed by atoms with van der Waals surface area (Å²) in [6.07, 6.45) is 4.07. The van der Waals surface area contributed by atoms with Crippen molar-refractivity contribution in [3.63, 3.8) is 0 Å². The maximum Gasteiger partial charge on any atom is 0.223 e. The number of aliphatic hydroxyl groups excluding tert-OH is 1. The number of H-pyrrole nitrogens is 1. The number of methoxy groups -OCH3 is 1. The molecule has 2 aromatic heterocycles. The number of ether oxygens (including phenoxy) is 2. The number of rotatable bonds is 12. The zero-order valence-corrected chi connectivity index (χ0v) is 22.5. The van der Waals surface area contributed by atoms with Crippen molar-refractivity contribution >= 4 is 34.1 Å². The molecule has 1 aliphatic heterocycles. The van der Waals surface area contributed by atoms with Crippen LogP contribution in [0, 0.1) is 11.6 Å². The van der Waals surface area contributed by atoms with Crippen molar-refractivity contribution in [2.24, 2.45) is 5.73 Å². The Balaban J connectivity index is 1.48. The molecule has 11 nitrogen and oxygen atoms in total. The van der Waals surface area contributed by atoms with Gasteiger partial charge in [-0.25, -0.2) is 18.7 Å². The number of aromatic nitrogens is 4. The number of nitrogens with one attached hydrogen (secondary N) is 1. The van der Waals surface area contributed by atoms with Gasteiger partial charge in [-0.15, -0.1) is 0 Å². The lowest BCUT2D eigenvalue weighted by Gasteiger charge is -2.23. The molecule has 13 heteroatoms. The van der Waals surface area contributed by atoms with Crippen molar-refractivity contribution < 1.29 is 28.2 Å². The monoisotopic (exact) mass is 567 g/mol. The van der Waals surface area contributed by atoms with Gasteiger partial charge in [0.15, 0.2) is 17.3 Å². The first-order chi connectivity index (χ1) is 19.9. The molecule has 0 saturated carbocycles. The molecule has 0 spiro atoms. The minimum absolute atomic E-state index is 0.101. The number of nitrogens with two attached hydrogens (primary N) is 1. The molecule has 4 N–H and O–H groups in total. The summed E-state index contributed by atoms with van der Waals surface area (Å²) in [7, 11) is 1.51. The normalized spacial score (nSPS) is 15.4. The second kappa shape index (κ2) is 12.4. The van der Waals surface area contributed by atoms with Crippen LogP contribution in [0.4, 0.5) is 26.1 Å². The molecule has 216 valence electrons. The van der Waals surface area contributed by atoms with E-state index < -0.39 is 17.5 Å². The molecule has 1 fully saturated rings. The summed E-state index contributed by atoms with van der Waals surface area (Å²) in [4.78, 5) is 24.0.